The van der Waals surface area contributed by atoms with Crippen molar-refractivity contribution in [3.05, 3.63) is 6.33 Å². The van der Waals surface area contributed by atoms with E-state index in [0.717, 1.165) is 25.0 Å². The number of ether oxygens (including phenoxy) is 1. The first-order valence-electron chi connectivity index (χ1n) is 8.14. The molecule has 9 heteroatoms. The molecule has 8 nitrogen and oxygen atoms in total. The van der Waals surface area contributed by atoms with E-state index < -0.39 is 18.4 Å². The molecule has 0 aromatic carbocycles. The van der Waals surface area contributed by atoms with Crippen LogP contribution in [-0.2, 0) is 4.74 Å². The Kier molecular flexibility index (Phi) is 5.75. The van der Waals surface area contributed by atoms with Crippen LogP contribution >= 0.6 is 11.8 Å². The minimum atomic E-state index is -0.736. The number of fused-ring (bicyclic) bond motifs is 1. The second-order valence-corrected chi connectivity index (χ2v) is 6.88. The summed E-state index contributed by atoms with van der Waals surface area (Å²) in [6.45, 7) is -0.240. The number of nitrogens with zero attached hydrogens (tertiary/aromatic N) is 4. The number of hydrogen-bond acceptors (Lipinski definition) is 8. The Hall–Kier alpha value is -1.86. The molecule has 2 aromatic heterocycles. The molecule has 1 aliphatic heterocycles. The van der Waals surface area contributed by atoms with Crippen molar-refractivity contribution < 1.29 is 14.9 Å². The lowest BCUT2D eigenvalue weighted by molar-refractivity contribution is -0.0457. The maximum absolute atomic E-state index is 10.0. The molecule has 0 aliphatic carbocycles. The van der Waals surface area contributed by atoms with Crippen molar-refractivity contribution in [2.24, 2.45) is 0 Å². The zero-order valence-electron chi connectivity index (χ0n) is 13.7. The quantitative estimate of drug-likeness (QED) is 0.378. The molecule has 3 unspecified atom stereocenters. The van der Waals surface area contributed by atoms with E-state index in [4.69, 9.17) is 16.9 Å². The van der Waals surface area contributed by atoms with Crippen LogP contribution in [0.5, 0.6) is 0 Å². The molecule has 0 amide bonds. The predicted octanol–water partition coefficient (Wildman–Crippen LogP) is 0.945. The fourth-order valence-corrected chi connectivity index (χ4v) is 3.83. The number of rotatable bonds is 7. The van der Waals surface area contributed by atoms with Crippen molar-refractivity contribution in [2.45, 2.75) is 49.3 Å². The van der Waals surface area contributed by atoms with Gasteiger partial charge in [-0.3, -0.25) is 4.57 Å². The summed E-state index contributed by atoms with van der Waals surface area (Å²) in [6, 6.07) is 0. The number of aromatic nitrogens is 4. The maximum atomic E-state index is 10.0. The van der Waals surface area contributed by atoms with Crippen LogP contribution in [0.25, 0.3) is 11.2 Å². The van der Waals surface area contributed by atoms with Crippen molar-refractivity contribution in [1.29, 1.82) is 0 Å². The van der Waals surface area contributed by atoms with E-state index in [9.17, 15) is 10.2 Å². The number of hydrogen-bond donors (Lipinski definition) is 3. The van der Waals surface area contributed by atoms with Gasteiger partial charge in [-0.1, -0.05) is 11.8 Å². The second kappa shape index (κ2) is 8.01. The smallest absolute Gasteiger partial charge is 0.172 e. The molecule has 4 N–H and O–H groups in total. The lowest BCUT2D eigenvalue weighted by Crippen LogP contribution is -2.24. The van der Waals surface area contributed by atoms with Gasteiger partial charge >= 0.3 is 0 Å². The van der Waals surface area contributed by atoms with Crippen molar-refractivity contribution in [2.75, 3.05) is 18.1 Å². The van der Waals surface area contributed by atoms with Crippen molar-refractivity contribution in [1.82, 2.24) is 19.5 Å². The summed E-state index contributed by atoms with van der Waals surface area (Å²) >= 11 is 1.56. The summed E-state index contributed by atoms with van der Waals surface area (Å²) in [5.74, 6) is 3.78. The Morgan fingerprint density at radius 2 is 2.28 bits per heavy atom. The largest absolute Gasteiger partial charge is 0.394 e. The first kappa shape index (κ1) is 17.9. The van der Waals surface area contributed by atoms with Crippen molar-refractivity contribution in [3.8, 4) is 12.3 Å². The van der Waals surface area contributed by atoms with Gasteiger partial charge in [-0.15, -0.1) is 12.3 Å². The van der Waals surface area contributed by atoms with E-state index in [1.165, 1.54) is 6.33 Å². The third-order valence-electron chi connectivity index (χ3n) is 4.09. The van der Waals surface area contributed by atoms with Gasteiger partial charge in [0.2, 0.25) is 0 Å². The highest BCUT2D eigenvalue weighted by molar-refractivity contribution is 7.99. The van der Waals surface area contributed by atoms with Crippen LogP contribution in [0, 0.1) is 12.3 Å². The molecular weight excluding hydrogens is 342 g/mol. The topological polar surface area (TPSA) is 119 Å². The Bertz CT molecular complexity index is 775. The van der Waals surface area contributed by atoms with Gasteiger partial charge in [0.25, 0.3) is 0 Å². The normalized spacial score (nSPS) is 23.2. The zero-order chi connectivity index (χ0) is 17.8. The molecule has 3 rings (SSSR count). The number of thioether (sulfide) groups is 1. The minimum absolute atomic E-state index is 0.240. The Labute approximate surface area is 149 Å². The van der Waals surface area contributed by atoms with Gasteiger partial charge in [-0.25, -0.2) is 15.0 Å². The lowest BCUT2D eigenvalue weighted by atomic mass is 10.2. The summed E-state index contributed by atoms with van der Waals surface area (Å²) in [6.07, 6.45) is 7.87. The van der Waals surface area contributed by atoms with Crippen molar-refractivity contribution in [3.63, 3.8) is 0 Å². The van der Waals surface area contributed by atoms with Gasteiger partial charge < -0.3 is 20.7 Å². The molecule has 1 aliphatic rings. The molecule has 0 bridgehead atoms. The minimum Gasteiger partial charge on any atom is -0.394 e. The summed E-state index contributed by atoms with van der Waals surface area (Å²) in [4.78, 5) is 12.8. The highest BCUT2D eigenvalue weighted by Gasteiger charge is 2.36. The second-order valence-electron chi connectivity index (χ2n) is 5.82. The fraction of sp³-hybridized carbons (Fsp3) is 0.562. The van der Waals surface area contributed by atoms with Gasteiger partial charge in [0, 0.05) is 18.6 Å². The van der Waals surface area contributed by atoms with E-state index in [-0.39, 0.29) is 6.61 Å². The summed E-state index contributed by atoms with van der Waals surface area (Å²) in [7, 11) is 0. The van der Waals surface area contributed by atoms with Gasteiger partial charge in [-0.05, 0) is 12.8 Å². The number of unbranched alkanes of at least 4 members (excludes halogenated alkanes) is 2. The Morgan fingerprint density at radius 1 is 1.44 bits per heavy atom. The molecular formula is C16H21N5O3S. The summed E-state index contributed by atoms with van der Waals surface area (Å²) < 4.78 is 7.61. The van der Waals surface area contributed by atoms with E-state index in [2.05, 4.69) is 20.9 Å². The average molecular weight is 363 g/mol. The third-order valence-corrected chi connectivity index (χ3v) is 5.13. The molecule has 134 valence electrons. The molecule has 0 spiro atoms. The molecule has 0 saturated carbocycles. The monoisotopic (exact) mass is 363 g/mol. The SMILES string of the molecule is C#CCCCCSc1nc2c(N)ncnc2n1C1CC(O)C(CO)O1. The molecule has 3 heterocycles. The number of anilines is 1. The Balaban J connectivity index is 1.88. The molecule has 0 radical (unpaired) electrons. The zero-order valence-corrected chi connectivity index (χ0v) is 14.5. The number of imidazole rings is 1. The highest BCUT2D eigenvalue weighted by atomic mass is 32.2. The number of aliphatic hydroxyl groups is 2. The van der Waals surface area contributed by atoms with Gasteiger partial charge in [0.05, 0.1) is 12.7 Å². The Morgan fingerprint density at radius 3 is 3.00 bits per heavy atom. The highest BCUT2D eigenvalue weighted by Crippen LogP contribution is 2.36. The molecule has 1 fully saturated rings. The third kappa shape index (κ3) is 3.72. The van der Waals surface area contributed by atoms with Gasteiger partial charge in [0.15, 0.2) is 22.1 Å². The first-order chi connectivity index (χ1) is 12.2. The van der Waals surface area contributed by atoms with Crippen LogP contribution in [0.3, 0.4) is 0 Å². The first-order valence-corrected chi connectivity index (χ1v) is 9.13. The van der Waals surface area contributed by atoms with Crippen LogP contribution in [-0.4, -0.2) is 54.3 Å². The maximum Gasteiger partial charge on any atom is 0.172 e. The van der Waals surface area contributed by atoms with Crippen molar-refractivity contribution >= 4 is 28.7 Å². The number of nitrogens with two attached hydrogens (primary N) is 1. The average Bonchev–Trinajstić information content (AvgIpc) is 3.15. The van der Waals surface area contributed by atoms with Gasteiger partial charge in [0.1, 0.15) is 18.7 Å². The van der Waals surface area contributed by atoms with Crippen LogP contribution in [0.2, 0.25) is 0 Å². The van der Waals surface area contributed by atoms with Gasteiger partial charge in [-0.2, -0.15) is 0 Å². The van der Waals surface area contributed by atoms with E-state index in [0.29, 0.717) is 28.6 Å². The van der Waals surface area contributed by atoms with E-state index in [1.54, 1.807) is 11.8 Å². The molecule has 25 heavy (non-hydrogen) atoms. The van der Waals surface area contributed by atoms with Crippen LogP contribution in [0.1, 0.15) is 31.9 Å². The van der Waals surface area contributed by atoms with Crippen LogP contribution in [0.4, 0.5) is 5.82 Å². The molecule has 2 aromatic rings. The predicted molar refractivity (Wildman–Crippen MR) is 94.8 cm³/mol. The van der Waals surface area contributed by atoms with E-state index in [1.807, 2.05) is 4.57 Å². The fourth-order valence-electron chi connectivity index (χ4n) is 2.80. The standard InChI is InChI=1S/C16H21N5O3S/c1-2-3-4-5-6-25-16-20-13-14(17)18-9-19-15(13)21(16)12-7-10(23)11(8-22)24-12/h1,9-12,22-23H,3-8H2,(H2,17,18,19). The summed E-state index contributed by atoms with van der Waals surface area (Å²) in [5, 5.41) is 20.1. The lowest BCUT2D eigenvalue weighted by Gasteiger charge is -2.16. The van der Waals surface area contributed by atoms with E-state index >= 15 is 0 Å². The number of aliphatic hydroxyl groups excluding tert-OH is 2. The van der Waals surface area contributed by atoms with Crippen LogP contribution in [0.15, 0.2) is 11.5 Å². The number of nitrogen functional groups attached to an aromatic ring is 1. The molecule has 1 saturated heterocycles. The molecule has 3 atom stereocenters. The summed E-state index contributed by atoms with van der Waals surface area (Å²) in [5.41, 5.74) is 7.00. The van der Waals surface area contributed by atoms with Crippen LogP contribution < -0.4 is 5.73 Å². The number of terminal acetylenes is 1.